The Bertz CT molecular complexity index is 1380. The van der Waals surface area contributed by atoms with Gasteiger partial charge < -0.3 is 30.4 Å². The first-order chi connectivity index (χ1) is 18.5. The normalized spacial score (nSPS) is 14.3. The fourth-order valence-corrected chi connectivity index (χ4v) is 3.90. The predicted octanol–water partition coefficient (Wildman–Crippen LogP) is 4.50. The molecular formula is C28H36N8O3. The van der Waals surface area contributed by atoms with Crippen molar-refractivity contribution >= 4 is 40.0 Å². The summed E-state index contributed by atoms with van der Waals surface area (Å²) >= 11 is 0. The second-order valence-corrected chi connectivity index (χ2v) is 10.8. The highest BCUT2D eigenvalue weighted by Crippen LogP contribution is 2.24. The van der Waals surface area contributed by atoms with Crippen molar-refractivity contribution in [3.05, 3.63) is 54.0 Å². The van der Waals surface area contributed by atoms with Crippen molar-refractivity contribution < 1.29 is 14.3 Å². The number of hydrogen-bond acceptors (Lipinski definition) is 10. The molecule has 1 amide bonds. The van der Waals surface area contributed by atoms with E-state index in [1.807, 2.05) is 45.0 Å². The van der Waals surface area contributed by atoms with Crippen LogP contribution in [-0.4, -0.2) is 75.3 Å². The summed E-state index contributed by atoms with van der Waals surface area (Å²) in [5.41, 5.74) is 3.62. The number of aromatic nitrogens is 4. The number of amides is 1. The van der Waals surface area contributed by atoms with Gasteiger partial charge in [-0.05, 0) is 56.5 Å². The van der Waals surface area contributed by atoms with E-state index in [9.17, 15) is 4.79 Å². The van der Waals surface area contributed by atoms with Crippen molar-refractivity contribution in [1.29, 1.82) is 5.41 Å². The Morgan fingerprint density at radius 2 is 1.95 bits per heavy atom. The first-order valence-corrected chi connectivity index (χ1v) is 12.9. The number of carbonyl (C=O) groups is 1. The molecule has 1 aliphatic heterocycles. The van der Waals surface area contributed by atoms with Crippen LogP contribution in [0.25, 0.3) is 16.6 Å². The molecule has 3 aromatic heterocycles. The molecule has 4 rings (SSSR count). The quantitative estimate of drug-likeness (QED) is 0.340. The Hall–Kier alpha value is -4.12. The zero-order valence-corrected chi connectivity index (χ0v) is 23.3. The molecule has 11 nitrogen and oxygen atoms in total. The summed E-state index contributed by atoms with van der Waals surface area (Å²) in [7, 11) is 1.78. The molecule has 0 saturated carbocycles. The van der Waals surface area contributed by atoms with Crippen LogP contribution in [0, 0.1) is 5.41 Å². The van der Waals surface area contributed by atoms with Gasteiger partial charge in [0, 0.05) is 30.6 Å². The van der Waals surface area contributed by atoms with E-state index < -0.39 is 5.60 Å². The molecule has 39 heavy (non-hydrogen) atoms. The summed E-state index contributed by atoms with van der Waals surface area (Å²) in [6.45, 7) is 10.7. The summed E-state index contributed by atoms with van der Waals surface area (Å²) in [5, 5.41) is 23.1. The van der Waals surface area contributed by atoms with E-state index in [1.165, 1.54) is 0 Å². The fourth-order valence-electron chi connectivity index (χ4n) is 3.90. The topological polar surface area (TPSA) is 138 Å². The van der Waals surface area contributed by atoms with E-state index in [-0.39, 0.29) is 24.5 Å². The molecule has 1 fully saturated rings. The van der Waals surface area contributed by atoms with Gasteiger partial charge in [-0.3, -0.25) is 4.98 Å². The molecule has 0 radical (unpaired) electrons. The maximum Gasteiger partial charge on any atom is 0.410 e. The summed E-state index contributed by atoms with van der Waals surface area (Å²) in [5.74, 6) is 1.57. The van der Waals surface area contributed by atoms with Crippen molar-refractivity contribution in [3.8, 4) is 0 Å². The molecule has 0 aliphatic carbocycles. The Kier molecular flexibility index (Phi) is 8.39. The third-order valence-electron chi connectivity index (χ3n) is 6.02. The first-order valence-electron chi connectivity index (χ1n) is 12.9. The molecule has 1 saturated heterocycles. The van der Waals surface area contributed by atoms with E-state index in [0.717, 1.165) is 16.6 Å². The van der Waals surface area contributed by atoms with Crippen LogP contribution >= 0.6 is 0 Å². The standard InChI is InChI=1S/C28H36N8O3/c1-17(2)18-10-26(35-32-12-18)34-25-8-7-23-24(33-25)9-19(11-31-23)21(13-30-6)22(29)16-38-20-14-36(15-20)27(37)39-28(3,4)5/h7-13,17,20,29-30H,14-16H2,1-6H3,(H,33,34,35)/b21-13-,29-22?. The monoisotopic (exact) mass is 532 g/mol. The lowest BCUT2D eigenvalue weighted by atomic mass is 10.0. The molecule has 0 spiro atoms. The van der Waals surface area contributed by atoms with E-state index in [0.29, 0.717) is 41.7 Å². The third kappa shape index (κ3) is 7.26. The molecule has 0 bridgehead atoms. The van der Waals surface area contributed by atoms with Gasteiger partial charge in [0.2, 0.25) is 0 Å². The van der Waals surface area contributed by atoms with Gasteiger partial charge in [-0.25, -0.2) is 9.78 Å². The Morgan fingerprint density at radius 3 is 2.64 bits per heavy atom. The van der Waals surface area contributed by atoms with Crippen LogP contribution in [0.15, 0.2) is 42.9 Å². The van der Waals surface area contributed by atoms with E-state index in [4.69, 9.17) is 19.9 Å². The number of pyridine rings is 2. The van der Waals surface area contributed by atoms with Crippen molar-refractivity contribution in [2.45, 2.75) is 52.2 Å². The van der Waals surface area contributed by atoms with Gasteiger partial charge in [0.05, 0.1) is 48.7 Å². The van der Waals surface area contributed by atoms with Crippen LogP contribution in [0.4, 0.5) is 16.4 Å². The molecule has 0 aromatic carbocycles. The van der Waals surface area contributed by atoms with Crippen LogP contribution in [0.3, 0.4) is 0 Å². The van der Waals surface area contributed by atoms with E-state index >= 15 is 0 Å². The second-order valence-electron chi connectivity index (χ2n) is 10.8. The Balaban J connectivity index is 1.42. The average Bonchev–Trinajstić information content (AvgIpc) is 2.85. The van der Waals surface area contributed by atoms with E-state index in [2.05, 4.69) is 39.7 Å². The van der Waals surface area contributed by atoms with Crippen LogP contribution in [0.1, 0.15) is 51.7 Å². The van der Waals surface area contributed by atoms with Gasteiger partial charge in [0.1, 0.15) is 11.4 Å². The number of rotatable bonds is 9. The number of anilines is 2. The molecule has 0 atom stereocenters. The summed E-state index contributed by atoms with van der Waals surface area (Å²) in [6.07, 6.45) is 4.74. The maximum atomic E-state index is 12.1. The lowest BCUT2D eigenvalue weighted by Gasteiger charge is -2.39. The van der Waals surface area contributed by atoms with Gasteiger partial charge in [-0.15, -0.1) is 5.10 Å². The van der Waals surface area contributed by atoms with Crippen LogP contribution in [0.2, 0.25) is 0 Å². The minimum atomic E-state index is -0.537. The average molecular weight is 533 g/mol. The molecule has 206 valence electrons. The Morgan fingerprint density at radius 1 is 1.18 bits per heavy atom. The lowest BCUT2D eigenvalue weighted by molar-refractivity contribution is -0.0531. The highest BCUT2D eigenvalue weighted by atomic mass is 16.6. The minimum absolute atomic E-state index is 0.0955. The molecule has 3 N–H and O–H groups in total. The van der Waals surface area contributed by atoms with Crippen molar-refractivity contribution in [2.24, 2.45) is 0 Å². The van der Waals surface area contributed by atoms with Gasteiger partial charge in [0.15, 0.2) is 5.82 Å². The second kappa shape index (κ2) is 11.7. The van der Waals surface area contributed by atoms with E-state index in [1.54, 1.807) is 30.5 Å². The highest BCUT2D eigenvalue weighted by Gasteiger charge is 2.34. The maximum absolute atomic E-state index is 12.1. The van der Waals surface area contributed by atoms with Crippen molar-refractivity contribution in [2.75, 3.05) is 32.1 Å². The molecule has 1 aliphatic rings. The zero-order valence-electron chi connectivity index (χ0n) is 23.3. The minimum Gasteiger partial charge on any atom is -0.444 e. The third-order valence-corrected chi connectivity index (χ3v) is 6.02. The SMILES string of the molecule is CN/C=C(\C(=N)COC1CN(C(=O)OC(C)(C)C)C1)c1cnc2ccc(Nc3cc(C(C)C)cnn3)nc2c1. The van der Waals surface area contributed by atoms with Crippen molar-refractivity contribution in [1.82, 2.24) is 30.4 Å². The zero-order chi connectivity index (χ0) is 28.2. The number of nitrogens with one attached hydrogen (secondary N) is 3. The van der Waals surface area contributed by atoms with Crippen LogP contribution in [0.5, 0.6) is 0 Å². The van der Waals surface area contributed by atoms with Gasteiger partial charge in [-0.2, -0.15) is 5.10 Å². The largest absolute Gasteiger partial charge is 0.444 e. The first kappa shape index (κ1) is 27.9. The number of ether oxygens (including phenoxy) is 2. The smallest absolute Gasteiger partial charge is 0.410 e. The van der Waals surface area contributed by atoms with Crippen LogP contribution < -0.4 is 10.6 Å². The predicted molar refractivity (Wildman–Crippen MR) is 151 cm³/mol. The fraction of sp³-hybridized carbons (Fsp3) is 0.429. The molecule has 0 unspecified atom stereocenters. The summed E-state index contributed by atoms with van der Waals surface area (Å²) in [4.78, 5) is 23.0. The van der Waals surface area contributed by atoms with Gasteiger partial charge in [-0.1, -0.05) is 13.8 Å². The molecule has 4 heterocycles. The number of hydrogen-bond donors (Lipinski definition) is 3. The highest BCUT2D eigenvalue weighted by molar-refractivity contribution is 6.23. The Labute approximate surface area is 228 Å². The van der Waals surface area contributed by atoms with Crippen molar-refractivity contribution in [3.63, 3.8) is 0 Å². The number of fused-ring (bicyclic) bond motifs is 1. The summed E-state index contributed by atoms with van der Waals surface area (Å²) < 4.78 is 11.3. The number of likely N-dealkylation sites (tertiary alicyclic amines) is 1. The van der Waals surface area contributed by atoms with Crippen LogP contribution in [-0.2, 0) is 9.47 Å². The number of nitrogens with zero attached hydrogens (tertiary/aromatic N) is 5. The molecule has 3 aromatic rings. The van der Waals surface area contributed by atoms with Gasteiger partial charge in [0.25, 0.3) is 0 Å². The molecule has 11 heteroatoms. The summed E-state index contributed by atoms with van der Waals surface area (Å²) in [6, 6.07) is 7.59. The lowest BCUT2D eigenvalue weighted by Crippen LogP contribution is -2.56. The molecular weight excluding hydrogens is 496 g/mol. The number of carbonyl (C=O) groups excluding carboxylic acids is 1. The van der Waals surface area contributed by atoms with Gasteiger partial charge >= 0.3 is 6.09 Å².